The number of nitrogens with zero attached hydrogens (tertiary/aromatic N) is 4. The first-order chi connectivity index (χ1) is 10.1. The lowest BCUT2D eigenvalue weighted by atomic mass is 9.95. The molecule has 0 saturated carbocycles. The first-order valence-electron chi connectivity index (χ1n) is 6.87. The van der Waals surface area contributed by atoms with Crippen LogP contribution in [0, 0.1) is 6.92 Å². The van der Waals surface area contributed by atoms with Crippen molar-refractivity contribution >= 4 is 5.91 Å². The molecule has 1 amide bonds. The van der Waals surface area contributed by atoms with Crippen LogP contribution in [0.4, 0.5) is 0 Å². The van der Waals surface area contributed by atoms with E-state index in [1.807, 2.05) is 4.90 Å². The summed E-state index contributed by atoms with van der Waals surface area (Å²) in [5, 5.41) is 14.0. The van der Waals surface area contributed by atoms with Gasteiger partial charge in [0.1, 0.15) is 5.82 Å². The van der Waals surface area contributed by atoms with Gasteiger partial charge in [0, 0.05) is 19.0 Å². The molecule has 1 aliphatic heterocycles. The second kappa shape index (κ2) is 5.47. The van der Waals surface area contributed by atoms with Gasteiger partial charge in [0.25, 0.3) is 5.91 Å². The molecule has 8 nitrogen and oxygen atoms in total. The Labute approximate surface area is 120 Å². The molecule has 2 aromatic heterocycles. The third-order valence-corrected chi connectivity index (χ3v) is 3.82. The third kappa shape index (κ3) is 2.69. The maximum atomic E-state index is 12.4. The van der Waals surface area contributed by atoms with Crippen molar-refractivity contribution in [1.82, 2.24) is 30.3 Å². The minimum atomic E-state index is -0.290. The number of hydrogen-bond acceptors (Lipinski definition) is 5. The molecular formula is C13H16N6O2. The highest BCUT2D eigenvalue weighted by molar-refractivity contribution is 5.95. The van der Waals surface area contributed by atoms with E-state index in [4.69, 9.17) is 0 Å². The van der Waals surface area contributed by atoms with Crippen LogP contribution in [-0.2, 0) is 0 Å². The standard InChI is InChI=1S/C13H16N6O2/c1-8-10(2-5-14-16-8)12(20)19-6-3-9(4-7-19)11-15-13(21)18-17-11/h2,5,9H,3-4,6-7H2,1H3,(H2,15,17,18,21). The molecule has 1 saturated heterocycles. The second-order valence-corrected chi connectivity index (χ2v) is 5.16. The Morgan fingerprint density at radius 1 is 1.38 bits per heavy atom. The van der Waals surface area contributed by atoms with E-state index in [9.17, 15) is 9.59 Å². The fraction of sp³-hybridized carbons (Fsp3) is 0.462. The summed E-state index contributed by atoms with van der Waals surface area (Å²) >= 11 is 0. The van der Waals surface area contributed by atoms with E-state index in [1.165, 1.54) is 6.20 Å². The van der Waals surface area contributed by atoms with Gasteiger partial charge in [0.15, 0.2) is 0 Å². The molecule has 110 valence electrons. The van der Waals surface area contributed by atoms with E-state index in [0.717, 1.165) is 12.8 Å². The summed E-state index contributed by atoms with van der Waals surface area (Å²) in [6.45, 7) is 3.06. The van der Waals surface area contributed by atoms with Crippen LogP contribution in [0.25, 0.3) is 0 Å². The number of aromatic nitrogens is 5. The Bertz CT molecular complexity index is 698. The fourth-order valence-electron chi connectivity index (χ4n) is 2.63. The van der Waals surface area contributed by atoms with Crippen LogP contribution in [-0.4, -0.2) is 49.3 Å². The first-order valence-corrected chi connectivity index (χ1v) is 6.87. The number of aryl methyl sites for hydroxylation is 1. The van der Waals surface area contributed by atoms with Gasteiger partial charge in [0.05, 0.1) is 17.5 Å². The number of amides is 1. The highest BCUT2D eigenvalue weighted by Gasteiger charge is 2.27. The number of carbonyl (C=O) groups excluding carboxylic acids is 1. The topological polar surface area (TPSA) is 108 Å². The average Bonchev–Trinajstić information content (AvgIpc) is 2.94. The van der Waals surface area contributed by atoms with E-state index in [2.05, 4.69) is 25.4 Å². The Hall–Kier alpha value is -2.51. The first kappa shape index (κ1) is 13.5. The van der Waals surface area contributed by atoms with E-state index < -0.39 is 0 Å². The number of aromatic amines is 2. The monoisotopic (exact) mass is 288 g/mol. The predicted molar refractivity (Wildman–Crippen MR) is 73.9 cm³/mol. The summed E-state index contributed by atoms with van der Waals surface area (Å²) in [6, 6.07) is 1.70. The minimum absolute atomic E-state index is 0.0172. The zero-order chi connectivity index (χ0) is 14.8. The summed E-state index contributed by atoms with van der Waals surface area (Å²) in [4.78, 5) is 28.0. The molecule has 0 spiro atoms. The molecule has 0 aromatic carbocycles. The number of piperidine rings is 1. The van der Waals surface area contributed by atoms with Gasteiger partial charge in [-0.25, -0.2) is 9.89 Å². The second-order valence-electron chi connectivity index (χ2n) is 5.16. The summed E-state index contributed by atoms with van der Waals surface area (Å²) < 4.78 is 0. The normalized spacial score (nSPS) is 16.1. The lowest BCUT2D eigenvalue weighted by Crippen LogP contribution is -2.38. The van der Waals surface area contributed by atoms with E-state index >= 15 is 0 Å². The van der Waals surface area contributed by atoms with Crippen LogP contribution < -0.4 is 5.69 Å². The summed E-state index contributed by atoms with van der Waals surface area (Å²) in [5.74, 6) is 0.842. The quantitative estimate of drug-likeness (QED) is 0.821. The van der Waals surface area contributed by atoms with Crippen molar-refractivity contribution < 1.29 is 4.79 Å². The third-order valence-electron chi connectivity index (χ3n) is 3.82. The van der Waals surface area contributed by atoms with Gasteiger partial charge in [0.2, 0.25) is 0 Å². The molecule has 1 fully saturated rings. The van der Waals surface area contributed by atoms with Crippen molar-refractivity contribution in [3.05, 3.63) is 39.8 Å². The van der Waals surface area contributed by atoms with Crippen LogP contribution in [0.15, 0.2) is 17.1 Å². The van der Waals surface area contributed by atoms with Crippen LogP contribution in [0.2, 0.25) is 0 Å². The summed E-state index contributed by atoms with van der Waals surface area (Å²) in [7, 11) is 0. The molecule has 0 atom stereocenters. The van der Waals surface area contributed by atoms with Gasteiger partial charge in [-0.2, -0.15) is 15.3 Å². The smallest absolute Gasteiger partial charge is 0.339 e. The number of rotatable bonds is 2. The molecule has 3 rings (SSSR count). The van der Waals surface area contributed by atoms with Crippen molar-refractivity contribution in [3.63, 3.8) is 0 Å². The SMILES string of the molecule is Cc1nnccc1C(=O)N1CCC(c2n[nH]c(=O)[nH]2)CC1. The zero-order valence-electron chi connectivity index (χ0n) is 11.7. The van der Waals surface area contributed by atoms with Gasteiger partial charge in [-0.1, -0.05) is 0 Å². The lowest BCUT2D eigenvalue weighted by molar-refractivity contribution is 0.0709. The average molecular weight is 288 g/mol. The molecule has 0 radical (unpaired) electrons. The van der Waals surface area contributed by atoms with Gasteiger partial charge >= 0.3 is 5.69 Å². The van der Waals surface area contributed by atoms with Gasteiger partial charge in [-0.15, -0.1) is 0 Å². The van der Waals surface area contributed by atoms with Crippen molar-refractivity contribution in [3.8, 4) is 0 Å². The molecule has 21 heavy (non-hydrogen) atoms. The minimum Gasteiger partial charge on any atom is -0.339 e. The maximum absolute atomic E-state index is 12.4. The van der Waals surface area contributed by atoms with Crippen molar-refractivity contribution in [1.29, 1.82) is 0 Å². The number of nitrogens with one attached hydrogen (secondary N) is 2. The number of likely N-dealkylation sites (tertiary alicyclic amines) is 1. The number of hydrogen-bond donors (Lipinski definition) is 2. The maximum Gasteiger partial charge on any atom is 0.340 e. The number of carbonyl (C=O) groups is 1. The Morgan fingerprint density at radius 3 is 2.76 bits per heavy atom. The van der Waals surface area contributed by atoms with Crippen LogP contribution in [0.3, 0.4) is 0 Å². The lowest BCUT2D eigenvalue weighted by Gasteiger charge is -2.31. The molecule has 0 bridgehead atoms. The Balaban J connectivity index is 1.67. The van der Waals surface area contributed by atoms with E-state index in [0.29, 0.717) is 30.2 Å². The van der Waals surface area contributed by atoms with Crippen LogP contribution in [0.5, 0.6) is 0 Å². The predicted octanol–water partition coefficient (Wildman–Crippen LogP) is 0.216. The molecule has 3 heterocycles. The Morgan fingerprint density at radius 2 is 2.14 bits per heavy atom. The largest absolute Gasteiger partial charge is 0.340 e. The summed E-state index contributed by atoms with van der Waals surface area (Å²) in [6.07, 6.45) is 3.09. The van der Waals surface area contributed by atoms with Gasteiger partial charge in [-0.05, 0) is 25.8 Å². The highest BCUT2D eigenvalue weighted by Crippen LogP contribution is 2.25. The van der Waals surface area contributed by atoms with Gasteiger partial charge in [-0.3, -0.25) is 9.78 Å². The van der Waals surface area contributed by atoms with Gasteiger partial charge < -0.3 is 4.90 Å². The molecule has 2 aromatic rings. The molecule has 0 aliphatic carbocycles. The number of H-pyrrole nitrogens is 2. The van der Waals surface area contributed by atoms with E-state index in [-0.39, 0.29) is 17.5 Å². The van der Waals surface area contributed by atoms with Crippen molar-refractivity contribution in [2.45, 2.75) is 25.7 Å². The molecule has 8 heteroatoms. The fourth-order valence-corrected chi connectivity index (χ4v) is 2.63. The van der Waals surface area contributed by atoms with Crippen molar-refractivity contribution in [2.75, 3.05) is 13.1 Å². The highest BCUT2D eigenvalue weighted by atomic mass is 16.2. The van der Waals surface area contributed by atoms with E-state index in [1.54, 1.807) is 13.0 Å². The molecule has 1 aliphatic rings. The van der Waals surface area contributed by atoms with Crippen LogP contribution >= 0.6 is 0 Å². The molecular weight excluding hydrogens is 272 g/mol. The van der Waals surface area contributed by atoms with Crippen LogP contribution in [0.1, 0.15) is 40.6 Å². The van der Waals surface area contributed by atoms with Crippen molar-refractivity contribution in [2.24, 2.45) is 0 Å². The molecule has 2 N–H and O–H groups in total. The molecule has 0 unspecified atom stereocenters. The Kier molecular flexibility index (Phi) is 3.51. The zero-order valence-corrected chi connectivity index (χ0v) is 11.7. The summed E-state index contributed by atoms with van der Waals surface area (Å²) in [5.41, 5.74) is 0.944.